The number of rotatable bonds is 8. The smallest absolute Gasteiger partial charge is 0.304 e. The molecular weight excluding hydrogens is 386 g/mol. The number of halogens is 1. The van der Waals surface area contributed by atoms with Crippen LogP contribution in [-0.4, -0.2) is 47.3 Å². The molecule has 7 nitrogen and oxygen atoms in total. The van der Waals surface area contributed by atoms with E-state index in [-0.39, 0.29) is 10.2 Å². The highest BCUT2D eigenvalue weighted by Gasteiger charge is 2.29. The standard InChI is InChI=1S/C18H26ClN5O2S/c1-12(2)9-23(10-13(3)4)11-20-27(25,26)18-17(19)21-16-8-7-15(14-5-6-14)22-24(16)18/h7-8,11-14H,5-6,9-10H2,1-4H3/b20-11-. The Hall–Kier alpha value is -1.67. The summed E-state index contributed by atoms with van der Waals surface area (Å²) in [5, 5.41) is 4.17. The zero-order valence-electron chi connectivity index (χ0n) is 16.1. The van der Waals surface area contributed by atoms with Gasteiger partial charge in [-0.25, -0.2) is 4.98 Å². The molecule has 27 heavy (non-hydrogen) atoms. The first-order valence-corrected chi connectivity index (χ1v) is 11.1. The first-order chi connectivity index (χ1) is 12.7. The van der Waals surface area contributed by atoms with E-state index < -0.39 is 10.0 Å². The van der Waals surface area contributed by atoms with Crippen LogP contribution in [0.25, 0.3) is 5.65 Å². The molecule has 2 heterocycles. The third kappa shape index (κ3) is 4.79. The van der Waals surface area contributed by atoms with Gasteiger partial charge in [-0.05, 0) is 36.8 Å². The van der Waals surface area contributed by atoms with Crippen LogP contribution < -0.4 is 0 Å². The van der Waals surface area contributed by atoms with E-state index in [2.05, 4.69) is 42.2 Å². The number of imidazole rings is 1. The van der Waals surface area contributed by atoms with Gasteiger partial charge in [0.2, 0.25) is 5.03 Å². The molecule has 0 N–H and O–H groups in total. The molecule has 0 aromatic carbocycles. The maximum Gasteiger partial charge on any atom is 0.304 e. The lowest BCUT2D eigenvalue weighted by Gasteiger charge is -2.23. The third-order valence-electron chi connectivity index (χ3n) is 4.21. The summed E-state index contributed by atoms with van der Waals surface area (Å²) in [6.07, 6.45) is 3.54. The average molecular weight is 412 g/mol. The van der Waals surface area contributed by atoms with Crippen LogP contribution in [0.1, 0.15) is 52.1 Å². The summed E-state index contributed by atoms with van der Waals surface area (Å²) in [5.74, 6) is 1.17. The Kier molecular flexibility index (Phi) is 5.76. The molecule has 1 aliphatic carbocycles. The molecule has 2 aromatic rings. The largest absolute Gasteiger partial charge is 0.361 e. The van der Waals surface area contributed by atoms with Crippen LogP contribution in [0.15, 0.2) is 21.6 Å². The topological polar surface area (TPSA) is 79.9 Å². The number of fused-ring (bicyclic) bond motifs is 1. The molecule has 0 amide bonds. The van der Waals surface area contributed by atoms with Crippen LogP contribution in [0, 0.1) is 11.8 Å². The van der Waals surface area contributed by atoms with Crippen LogP contribution in [0.3, 0.4) is 0 Å². The Morgan fingerprint density at radius 2 is 1.89 bits per heavy atom. The molecule has 0 spiro atoms. The first-order valence-electron chi connectivity index (χ1n) is 9.27. The number of hydrogen-bond acceptors (Lipinski definition) is 4. The van der Waals surface area contributed by atoms with E-state index in [1.807, 2.05) is 11.0 Å². The van der Waals surface area contributed by atoms with E-state index in [0.29, 0.717) is 23.4 Å². The van der Waals surface area contributed by atoms with E-state index in [0.717, 1.165) is 31.6 Å². The number of hydrogen-bond donors (Lipinski definition) is 0. The minimum absolute atomic E-state index is 0.105. The molecule has 0 bridgehead atoms. The van der Waals surface area contributed by atoms with Crippen molar-refractivity contribution < 1.29 is 8.42 Å². The fourth-order valence-electron chi connectivity index (χ4n) is 3.00. The Balaban J connectivity index is 1.95. The minimum Gasteiger partial charge on any atom is -0.361 e. The normalized spacial score (nSPS) is 15.5. The van der Waals surface area contributed by atoms with Gasteiger partial charge in [-0.2, -0.15) is 18.0 Å². The lowest BCUT2D eigenvalue weighted by Crippen LogP contribution is -2.30. The molecule has 9 heteroatoms. The predicted molar refractivity (Wildman–Crippen MR) is 107 cm³/mol. The van der Waals surface area contributed by atoms with Crippen molar-refractivity contribution in [3.8, 4) is 0 Å². The second kappa shape index (κ2) is 7.75. The zero-order chi connectivity index (χ0) is 19.8. The number of aromatic nitrogens is 3. The minimum atomic E-state index is -4.03. The SMILES string of the molecule is CC(C)CN(/C=N\S(=O)(=O)c1c(Cl)nc2ccc(C3CC3)nn12)CC(C)C. The van der Waals surface area contributed by atoms with Gasteiger partial charge >= 0.3 is 10.0 Å². The first kappa shape index (κ1) is 20.1. The molecule has 148 valence electrons. The Bertz CT molecular complexity index is 938. The van der Waals surface area contributed by atoms with E-state index in [1.165, 1.54) is 10.9 Å². The van der Waals surface area contributed by atoms with Crippen molar-refractivity contribution in [1.82, 2.24) is 19.5 Å². The predicted octanol–water partition coefficient (Wildman–Crippen LogP) is 3.59. The molecule has 3 rings (SSSR count). The van der Waals surface area contributed by atoms with Gasteiger partial charge in [0, 0.05) is 19.0 Å². The summed E-state index contributed by atoms with van der Waals surface area (Å²) >= 11 is 6.15. The molecule has 1 aliphatic rings. The molecule has 0 aliphatic heterocycles. The third-order valence-corrected chi connectivity index (χ3v) is 5.81. The van der Waals surface area contributed by atoms with Crippen LogP contribution in [0.4, 0.5) is 0 Å². The van der Waals surface area contributed by atoms with Crippen molar-refractivity contribution in [3.05, 3.63) is 23.0 Å². The highest BCUT2D eigenvalue weighted by molar-refractivity contribution is 7.90. The van der Waals surface area contributed by atoms with Gasteiger partial charge in [0.25, 0.3) is 0 Å². The highest BCUT2D eigenvalue weighted by atomic mass is 35.5. The van der Waals surface area contributed by atoms with Crippen molar-refractivity contribution in [2.24, 2.45) is 16.2 Å². The monoisotopic (exact) mass is 411 g/mol. The Morgan fingerprint density at radius 3 is 2.44 bits per heavy atom. The number of nitrogens with zero attached hydrogens (tertiary/aromatic N) is 5. The van der Waals surface area contributed by atoms with E-state index in [4.69, 9.17) is 11.6 Å². The van der Waals surface area contributed by atoms with Crippen molar-refractivity contribution in [2.75, 3.05) is 13.1 Å². The van der Waals surface area contributed by atoms with Gasteiger partial charge in [0.05, 0.1) is 5.69 Å². The summed E-state index contributed by atoms with van der Waals surface area (Å²) in [4.78, 5) is 6.05. The van der Waals surface area contributed by atoms with Crippen LogP contribution in [0.5, 0.6) is 0 Å². The van der Waals surface area contributed by atoms with Crippen LogP contribution in [0.2, 0.25) is 5.15 Å². The van der Waals surface area contributed by atoms with Crippen LogP contribution in [-0.2, 0) is 10.0 Å². The maximum atomic E-state index is 12.9. The van der Waals surface area contributed by atoms with Gasteiger partial charge in [-0.15, -0.1) is 4.40 Å². The van der Waals surface area contributed by atoms with Crippen molar-refractivity contribution in [3.63, 3.8) is 0 Å². The molecule has 2 aromatic heterocycles. The summed E-state index contributed by atoms with van der Waals surface area (Å²) in [6, 6.07) is 3.63. The quantitative estimate of drug-likeness (QED) is 0.489. The molecule has 0 unspecified atom stereocenters. The summed E-state index contributed by atoms with van der Waals surface area (Å²) in [5.41, 5.74) is 1.26. The van der Waals surface area contributed by atoms with E-state index in [9.17, 15) is 8.42 Å². The average Bonchev–Trinajstić information content (AvgIpc) is 3.33. The second-order valence-electron chi connectivity index (χ2n) is 7.95. The van der Waals surface area contributed by atoms with E-state index in [1.54, 1.807) is 6.07 Å². The fourth-order valence-corrected chi connectivity index (χ4v) is 4.43. The molecule has 0 saturated heterocycles. The summed E-state index contributed by atoms with van der Waals surface area (Å²) in [7, 11) is -4.03. The van der Waals surface area contributed by atoms with Crippen LogP contribution >= 0.6 is 11.6 Å². The van der Waals surface area contributed by atoms with Gasteiger partial charge in [-0.3, -0.25) is 0 Å². The summed E-state index contributed by atoms with van der Waals surface area (Å²) in [6.45, 7) is 9.78. The second-order valence-corrected chi connectivity index (χ2v) is 9.85. The van der Waals surface area contributed by atoms with Gasteiger partial charge in [0.1, 0.15) is 6.34 Å². The van der Waals surface area contributed by atoms with Gasteiger partial charge in [0.15, 0.2) is 10.8 Å². The molecule has 0 atom stereocenters. The Morgan fingerprint density at radius 1 is 1.26 bits per heavy atom. The van der Waals surface area contributed by atoms with E-state index >= 15 is 0 Å². The number of sulfonamides is 1. The van der Waals surface area contributed by atoms with Crippen molar-refractivity contribution in [1.29, 1.82) is 0 Å². The molecule has 1 saturated carbocycles. The summed E-state index contributed by atoms with van der Waals surface area (Å²) < 4.78 is 31.0. The zero-order valence-corrected chi connectivity index (χ0v) is 17.7. The van der Waals surface area contributed by atoms with Gasteiger partial charge < -0.3 is 4.90 Å². The fraction of sp³-hybridized carbons (Fsp3) is 0.611. The Labute approximate surface area is 165 Å². The molecule has 0 radical (unpaired) electrons. The lowest BCUT2D eigenvalue weighted by atomic mass is 10.1. The highest BCUT2D eigenvalue weighted by Crippen LogP contribution is 2.39. The van der Waals surface area contributed by atoms with Crippen molar-refractivity contribution in [2.45, 2.75) is 51.5 Å². The maximum absolute atomic E-state index is 12.9. The lowest BCUT2D eigenvalue weighted by molar-refractivity contribution is 0.336. The van der Waals surface area contributed by atoms with Crippen molar-refractivity contribution >= 4 is 33.6 Å². The molecular formula is C18H26ClN5O2S. The molecule has 1 fully saturated rings. The van der Waals surface area contributed by atoms with Gasteiger partial charge in [-0.1, -0.05) is 39.3 Å².